The molecular formula is C21H25BrN4O2S. The summed E-state index contributed by atoms with van der Waals surface area (Å²) in [5, 5.41) is 11.1. The Hall–Kier alpha value is -1.54. The lowest BCUT2D eigenvalue weighted by Crippen LogP contribution is -2.60. The summed E-state index contributed by atoms with van der Waals surface area (Å²) in [6, 6.07) is 7.65. The van der Waals surface area contributed by atoms with E-state index >= 15 is 0 Å². The van der Waals surface area contributed by atoms with E-state index in [4.69, 9.17) is 4.74 Å². The normalized spacial score (nSPS) is 29.8. The molecule has 8 heteroatoms. The number of halogens is 1. The Morgan fingerprint density at radius 1 is 1.17 bits per heavy atom. The van der Waals surface area contributed by atoms with Crippen LogP contribution in [0.15, 0.2) is 33.9 Å². The molecule has 154 valence electrons. The highest BCUT2D eigenvalue weighted by atomic mass is 79.9. The molecule has 6 rings (SSSR count). The molecule has 2 aromatic rings. The SMILES string of the molecule is O=C(CSc1n[nH]c(COc2ccc(Br)cc2)n1)NC12CC3CC(CC(C3)C1)C2. The largest absolute Gasteiger partial charge is 0.486 e. The molecule has 29 heavy (non-hydrogen) atoms. The molecule has 0 radical (unpaired) electrons. The lowest BCUT2D eigenvalue weighted by atomic mass is 9.53. The first-order chi connectivity index (χ1) is 14.1. The van der Waals surface area contributed by atoms with E-state index in [1.807, 2.05) is 24.3 Å². The molecule has 4 aliphatic rings. The van der Waals surface area contributed by atoms with Crippen molar-refractivity contribution in [3.05, 3.63) is 34.6 Å². The topological polar surface area (TPSA) is 79.9 Å². The van der Waals surface area contributed by atoms with Gasteiger partial charge in [-0.3, -0.25) is 9.89 Å². The van der Waals surface area contributed by atoms with Crippen LogP contribution in [0, 0.1) is 17.8 Å². The van der Waals surface area contributed by atoms with Crippen LogP contribution in [-0.4, -0.2) is 32.4 Å². The van der Waals surface area contributed by atoms with Crippen molar-refractivity contribution in [3.63, 3.8) is 0 Å². The fourth-order valence-corrected chi connectivity index (χ4v) is 6.70. The van der Waals surface area contributed by atoms with E-state index < -0.39 is 0 Å². The first-order valence-corrected chi connectivity index (χ1v) is 12.1. The maximum absolute atomic E-state index is 12.6. The first kappa shape index (κ1) is 19.4. The highest BCUT2D eigenvalue weighted by molar-refractivity contribution is 9.10. The van der Waals surface area contributed by atoms with Crippen molar-refractivity contribution in [1.29, 1.82) is 0 Å². The third kappa shape index (κ3) is 4.48. The predicted molar refractivity (Wildman–Crippen MR) is 115 cm³/mol. The van der Waals surface area contributed by atoms with Gasteiger partial charge in [0.1, 0.15) is 12.4 Å². The van der Waals surface area contributed by atoms with Crippen molar-refractivity contribution >= 4 is 33.6 Å². The minimum atomic E-state index is 0.0646. The first-order valence-electron chi connectivity index (χ1n) is 10.3. The van der Waals surface area contributed by atoms with Gasteiger partial charge in [0.25, 0.3) is 0 Å². The van der Waals surface area contributed by atoms with Crippen LogP contribution in [0.25, 0.3) is 0 Å². The number of nitrogens with one attached hydrogen (secondary N) is 2. The van der Waals surface area contributed by atoms with E-state index in [1.165, 1.54) is 50.3 Å². The van der Waals surface area contributed by atoms with Crippen LogP contribution in [0.5, 0.6) is 5.75 Å². The van der Waals surface area contributed by atoms with Gasteiger partial charge in [-0.25, -0.2) is 4.98 Å². The standard InChI is InChI=1S/C21H25BrN4O2S/c22-16-1-3-17(4-2-16)28-11-18-23-20(26-25-18)29-12-19(27)24-21-8-13-5-14(9-21)7-15(6-13)10-21/h1-4,13-15H,5-12H2,(H,24,27)(H,23,25,26). The van der Waals surface area contributed by atoms with Crippen LogP contribution >= 0.6 is 27.7 Å². The number of nitrogens with zero attached hydrogens (tertiary/aromatic N) is 2. The van der Waals surface area contributed by atoms with Gasteiger partial charge in [-0.1, -0.05) is 27.7 Å². The van der Waals surface area contributed by atoms with Crippen LogP contribution in [0.1, 0.15) is 44.3 Å². The zero-order valence-electron chi connectivity index (χ0n) is 16.2. The highest BCUT2D eigenvalue weighted by Crippen LogP contribution is 2.55. The van der Waals surface area contributed by atoms with Gasteiger partial charge in [0.2, 0.25) is 11.1 Å². The number of H-pyrrole nitrogens is 1. The van der Waals surface area contributed by atoms with Crippen LogP contribution in [0.4, 0.5) is 0 Å². The number of aromatic amines is 1. The third-order valence-corrected chi connectivity index (χ3v) is 7.85. The number of hydrogen-bond acceptors (Lipinski definition) is 5. The fraction of sp³-hybridized carbons (Fsp3) is 0.571. The molecule has 4 bridgehead atoms. The van der Waals surface area contributed by atoms with Crippen LogP contribution in [0.2, 0.25) is 0 Å². The van der Waals surface area contributed by atoms with Crippen molar-refractivity contribution in [2.24, 2.45) is 17.8 Å². The van der Waals surface area contributed by atoms with E-state index in [0.717, 1.165) is 28.0 Å². The van der Waals surface area contributed by atoms with E-state index in [2.05, 4.69) is 36.4 Å². The summed E-state index contributed by atoms with van der Waals surface area (Å²) in [6.07, 6.45) is 7.67. The molecule has 0 saturated heterocycles. The molecule has 0 aliphatic heterocycles. The Morgan fingerprint density at radius 2 is 1.83 bits per heavy atom. The lowest BCUT2D eigenvalue weighted by Gasteiger charge is -2.56. The van der Waals surface area contributed by atoms with Gasteiger partial charge in [-0.05, 0) is 80.5 Å². The van der Waals surface area contributed by atoms with E-state index in [9.17, 15) is 4.79 Å². The molecule has 1 heterocycles. The molecule has 1 aromatic carbocycles. The molecule has 4 saturated carbocycles. The summed E-state index contributed by atoms with van der Waals surface area (Å²) in [7, 11) is 0. The van der Waals surface area contributed by atoms with Gasteiger partial charge < -0.3 is 10.1 Å². The average molecular weight is 477 g/mol. The van der Waals surface area contributed by atoms with Gasteiger partial charge >= 0.3 is 0 Å². The quantitative estimate of drug-likeness (QED) is 0.581. The predicted octanol–water partition coefficient (Wildman–Crippen LogP) is 4.32. The van der Waals surface area contributed by atoms with Crippen molar-refractivity contribution in [3.8, 4) is 5.75 Å². The van der Waals surface area contributed by atoms with E-state index in [1.54, 1.807) is 0 Å². The Bertz CT molecular complexity index is 850. The molecule has 4 aliphatic carbocycles. The lowest BCUT2D eigenvalue weighted by molar-refractivity contribution is -0.124. The number of hydrogen-bond donors (Lipinski definition) is 2. The van der Waals surface area contributed by atoms with Crippen molar-refractivity contribution in [1.82, 2.24) is 20.5 Å². The van der Waals surface area contributed by atoms with Gasteiger partial charge in [-0.2, -0.15) is 0 Å². The second-order valence-corrected chi connectivity index (χ2v) is 10.7. The van der Waals surface area contributed by atoms with Crippen LogP contribution in [0.3, 0.4) is 0 Å². The summed E-state index contributed by atoms with van der Waals surface area (Å²) in [5.41, 5.74) is 0.0646. The second-order valence-electron chi connectivity index (χ2n) is 8.84. The number of ether oxygens (including phenoxy) is 1. The molecule has 1 amide bonds. The Balaban J connectivity index is 1.10. The van der Waals surface area contributed by atoms with Gasteiger partial charge in [0, 0.05) is 10.0 Å². The molecule has 6 nitrogen and oxygen atoms in total. The molecular weight excluding hydrogens is 452 g/mol. The number of aromatic nitrogens is 3. The molecule has 2 N–H and O–H groups in total. The summed E-state index contributed by atoms with van der Waals surface area (Å²) >= 11 is 4.78. The molecule has 1 aromatic heterocycles. The monoisotopic (exact) mass is 476 g/mol. The number of thioether (sulfide) groups is 1. The Kier molecular flexibility index (Phi) is 5.32. The summed E-state index contributed by atoms with van der Waals surface area (Å²) < 4.78 is 6.71. The summed E-state index contributed by atoms with van der Waals surface area (Å²) in [5.74, 6) is 4.37. The van der Waals surface area contributed by atoms with Crippen LogP contribution in [-0.2, 0) is 11.4 Å². The van der Waals surface area contributed by atoms with Crippen molar-refractivity contribution in [2.45, 2.75) is 55.8 Å². The van der Waals surface area contributed by atoms with Crippen molar-refractivity contribution < 1.29 is 9.53 Å². The number of carbonyl (C=O) groups excluding carboxylic acids is 1. The minimum Gasteiger partial charge on any atom is -0.486 e. The second kappa shape index (κ2) is 7.95. The molecule has 0 spiro atoms. The smallest absolute Gasteiger partial charge is 0.230 e. The third-order valence-electron chi connectivity index (χ3n) is 6.48. The molecule has 0 atom stereocenters. The minimum absolute atomic E-state index is 0.0646. The fourth-order valence-electron chi connectivity index (χ4n) is 5.82. The zero-order valence-corrected chi connectivity index (χ0v) is 18.6. The maximum atomic E-state index is 12.6. The number of amides is 1. The van der Waals surface area contributed by atoms with Crippen LogP contribution < -0.4 is 10.1 Å². The van der Waals surface area contributed by atoms with Gasteiger partial charge in [0.15, 0.2) is 5.82 Å². The molecule has 4 fully saturated rings. The van der Waals surface area contributed by atoms with Gasteiger partial charge in [0.05, 0.1) is 5.75 Å². The Labute approximate surface area is 183 Å². The maximum Gasteiger partial charge on any atom is 0.230 e. The summed E-state index contributed by atoms with van der Waals surface area (Å²) in [4.78, 5) is 17.0. The highest BCUT2D eigenvalue weighted by Gasteiger charge is 2.51. The average Bonchev–Trinajstić information content (AvgIpc) is 3.12. The Morgan fingerprint density at radius 3 is 2.48 bits per heavy atom. The summed E-state index contributed by atoms with van der Waals surface area (Å²) in [6.45, 7) is 0.314. The van der Waals surface area contributed by atoms with Gasteiger partial charge in [-0.15, -0.1) is 5.10 Å². The number of benzene rings is 1. The number of rotatable bonds is 7. The zero-order chi connectivity index (χ0) is 19.8. The van der Waals surface area contributed by atoms with E-state index in [0.29, 0.717) is 23.3 Å². The van der Waals surface area contributed by atoms with Crippen molar-refractivity contribution in [2.75, 3.05) is 5.75 Å². The number of carbonyl (C=O) groups is 1. The van der Waals surface area contributed by atoms with E-state index in [-0.39, 0.29) is 11.4 Å². The molecule has 0 unspecified atom stereocenters.